The second-order valence-corrected chi connectivity index (χ2v) is 6.98. The van der Waals surface area contributed by atoms with Gasteiger partial charge < -0.3 is 5.32 Å². The van der Waals surface area contributed by atoms with E-state index in [2.05, 4.69) is 31.6 Å². The van der Waals surface area contributed by atoms with E-state index < -0.39 is 0 Å². The Morgan fingerprint density at radius 2 is 1.83 bits per heavy atom. The first-order chi connectivity index (χ1) is 11.6. The molecule has 3 aliphatic rings. The number of hydrogen-bond donors (Lipinski definition) is 1. The molecule has 0 spiro atoms. The number of allylic oxidation sites excluding steroid dienone is 7. The lowest BCUT2D eigenvalue weighted by Crippen LogP contribution is -2.18. The predicted octanol–water partition coefficient (Wildman–Crippen LogP) is 5.05. The van der Waals surface area contributed by atoms with Crippen molar-refractivity contribution in [1.82, 2.24) is 5.32 Å². The Balaban J connectivity index is 1.90. The van der Waals surface area contributed by atoms with E-state index in [4.69, 9.17) is 4.99 Å². The second kappa shape index (κ2) is 7.31. The molecule has 1 N–H and O–H groups in total. The first-order valence-electron chi connectivity index (χ1n) is 8.98. The molecule has 1 aliphatic carbocycles. The molecule has 1 unspecified atom stereocenters. The minimum Gasteiger partial charge on any atom is -0.312 e. The summed E-state index contributed by atoms with van der Waals surface area (Å²) in [5, 5.41) is 3.55. The van der Waals surface area contributed by atoms with E-state index in [1.165, 1.54) is 29.0 Å². The van der Waals surface area contributed by atoms with Crippen LogP contribution in [-0.2, 0) is 0 Å². The molecule has 2 aliphatic heterocycles. The summed E-state index contributed by atoms with van der Waals surface area (Å²) in [6, 6.07) is 0. The molecule has 0 bridgehead atoms. The fraction of sp³-hybridized carbons (Fsp3) is 0.409. The summed E-state index contributed by atoms with van der Waals surface area (Å²) in [5.41, 5.74) is 9.31. The van der Waals surface area contributed by atoms with E-state index in [0.717, 1.165) is 56.3 Å². The molecule has 3 rings (SSSR count). The van der Waals surface area contributed by atoms with Gasteiger partial charge in [0, 0.05) is 30.1 Å². The highest BCUT2D eigenvalue weighted by Crippen LogP contribution is 2.42. The normalized spacial score (nSPS) is 22.2. The van der Waals surface area contributed by atoms with Gasteiger partial charge in [-0.05, 0) is 55.6 Å². The molecule has 0 aromatic rings. The molecule has 0 aromatic carbocycles. The van der Waals surface area contributed by atoms with Gasteiger partial charge in [-0.25, -0.2) is 0 Å². The highest BCUT2D eigenvalue weighted by molar-refractivity contribution is 6.08. The van der Waals surface area contributed by atoms with Gasteiger partial charge in [0.05, 0.1) is 0 Å². The zero-order valence-electron chi connectivity index (χ0n) is 14.7. The number of aliphatic imine (C=N–C) groups is 1. The third-order valence-corrected chi connectivity index (χ3v) is 5.41. The van der Waals surface area contributed by atoms with Crippen molar-refractivity contribution in [2.24, 2.45) is 10.9 Å². The van der Waals surface area contributed by atoms with Gasteiger partial charge >= 0.3 is 0 Å². The highest BCUT2D eigenvalue weighted by Gasteiger charge is 2.35. The van der Waals surface area contributed by atoms with E-state index in [9.17, 15) is 0 Å². The Morgan fingerprint density at radius 1 is 1.12 bits per heavy atom. The van der Waals surface area contributed by atoms with Crippen LogP contribution < -0.4 is 5.32 Å². The Kier molecular flexibility index (Phi) is 5.15. The van der Waals surface area contributed by atoms with Crippen LogP contribution in [0.15, 0.2) is 77.0 Å². The molecular formula is C22H28N2. The van der Waals surface area contributed by atoms with E-state index in [0.29, 0.717) is 5.92 Å². The van der Waals surface area contributed by atoms with Crippen LogP contribution in [0.1, 0.15) is 38.5 Å². The summed E-state index contributed by atoms with van der Waals surface area (Å²) in [6.45, 7) is 17.9. The van der Waals surface area contributed by atoms with E-state index in [-0.39, 0.29) is 0 Å². The lowest BCUT2D eigenvalue weighted by molar-refractivity contribution is 0.600. The fourth-order valence-electron chi connectivity index (χ4n) is 3.94. The maximum absolute atomic E-state index is 5.04. The Bertz CT molecular complexity index is 685. The van der Waals surface area contributed by atoms with Crippen molar-refractivity contribution < 1.29 is 0 Å². The Hall–Kier alpha value is -1.93. The first kappa shape index (κ1) is 16.9. The minimum absolute atomic E-state index is 0.707. The van der Waals surface area contributed by atoms with Gasteiger partial charge in [-0.1, -0.05) is 49.6 Å². The number of rotatable bonds is 8. The summed E-state index contributed by atoms with van der Waals surface area (Å²) in [7, 11) is 0. The second-order valence-electron chi connectivity index (χ2n) is 6.98. The molecule has 1 atom stereocenters. The van der Waals surface area contributed by atoms with Crippen molar-refractivity contribution in [2.75, 3.05) is 13.1 Å². The van der Waals surface area contributed by atoms with Crippen molar-refractivity contribution in [3.8, 4) is 0 Å². The van der Waals surface area contributed by atoms with Gasteiger partial charge in [-0.2, -0.15) is 0 Å². The maximum Gasteiger partial charge on any atom is 0.0483 e. The van der Waals surface area contributed by atoms with Crippen molar-refractivity contribution in [1.29, 1.82) is 0 Å². The quantitative estimate of drug-likeness (QED) is 0.622. The van der Waals surface area contributed by atoms with Crippen LogP contribution in [0.4, 0.5) is 0 Å². The molecule has 24 heavy (non-hydrogen) atoms. The van der Waals surface area contributed by atoms with E-state index in [1.807, 2.05) is 12.2 Å². The molecule has 1 saturated heterocycles. The Morgan fingerprint density at radius 3 is 2.54 bits per heavy atom. The average Bonchev–Trinajstić information content (AvgIpc) is 3.20. The van der Waals surface area contributed by atoms with Crippen LogP contribution in [0.5, 0.6) is 0 Å². The van der Waals surface area contributed by atoms with Crippen molar-refractivity contribution >= 4 is 5.71 Å². The Labute approximate surface area is 146 Å². The van der Waals surface area contributed by atoms with Gasteiger partial charge in [0.2, 0.25) is 0 Å². The van der Waals surface area contributed by atoms with Crippen molar-refractivity contribution in [3.63, 3.8) is 0 Å². The molecule has 1 fully saturated rings. The monoisotopic (exact) mass is 320 g/mol. The zero-order chi connectivity index (χ0) is 17.1. The third kappa shape index (κ3) is 3.29. The lowest BCUT2D eigenvalue weighted by Gasteiger charge is -2.23. The lowest BCUT2D eigenvalue weighted by atomic mass is 9.80. The van der Waals surface area contributed by atoms with E-state index >= 15 is 0 Å². The summed E-state index contributed by atoms with van der Waals surface area (Å²) < 4.78 is 0. The van der Waals surface area contributed by atoms with Crippen molar-refractivity contribution in [2.45, 2.75) is 38.5 Å². The van der Waals surface area contributed by atoms with Crippen LogP contribution in [0.3, 0.4) is 0 Å². The zero-order valence-corrected chi connectivity index (χ0v) is 14.7. The van der Waals surface area contributed by atoms with Gasteiger partial charge in [0.25, 0.3) is 0 Å². The van der Waals surface area contributed by atoms with Gasteiger partial charge in [-0.3, -0.25) is 4.99 Å². The third-order valence-electron chi connectivity index (χ3n) is 5.41. The first-order valence-corrected chi connectivity index (χ1v) is 8.98. The van der Waals surface area contributed by atoms with Crippen LogP contribution in [0.25, 0.3) is 0 Å². The molecule has 2 heteroatoms. The van der Waals surface area contributed by atoms with Crippen LogP contribution in [-0.4, -0.2) is 18.8 Å². The average molecular weight is 320 g/mol. The SMILES string of the molecule is C=CC(=C)CCC1=C(CCC(=C)C=C)C2=C3CNCC3CCC2=N1. The molecule has 0 amide bonds. The number of hydrogen-bond acceptors (Lipinski definition) is 2. The largest absolute Gasteiger partial charge is 0.312 e. The predicted molar refractivity (Wildman–Crippen MR) is 104 cm³/mol. The summed E-state index contributed by atoms with van der Waals surface area (Å²) in [4.78, 5) is 5.04. The van der Waals surface area contributed by atoms with E-state index in [1.54, 1.807) is 5.57 Å². The topological polar surface area (TPSA) is 24.4 Å². The number of fused-ring (bicyclic) bond motifs is 2. The molecule has 2 nitrogen and oxygen atoms in total. The van der Waals surface area contributed by atoms with Crippen molar-refractivity contribution in [3.05, 3.63) is 72.0 Å². The summed E-state index contributed by atoms with van der Waals surface area (Å²) in [5.74, 6) is 0.707. The molecule has 2 heterocycles. The van der Waals surface area contributed by atoms with Crippen LogP contribution >= 0.6 is 0 Å². The van der Waals surface area contributed by atoms with Gasteiger partial charge in [-0.15, -0.1) is 0 Å². The number of nitrogens with one attached hydrogen (secondary N) is 1. The summed E-state index contributed by atoms with van der Waals surface area (Å²) in [6.07, 6.45) is 9.95. The highest BCUT2D eigenvalue weighted by atomic mass is 14.9. The minimum atomic E-state index is 0.707. The fourth-order valence-corrected chi connectivity index (χ4v) is 3.94. The molecule has 0 aromatic heterocycles. The molecule has 0 radical (unpaired) electrons. The molecule has 0 saturated carbocycles. The standard InChI is InChI=1S/C22H28N2/c1-5-15(3)7-10-18-20(11-8-16(4)6-2)24-21-12-9-17-13-23-14-19(17)22(18)21/h5-6,17,23H,1-4,7-14H2. The van der Waals surface area contributed by atoms with Gasteiger partial charge in [0.1, 0.15) is 0 Å². The van der Waals surface area contributed by atoms with Gasteiger partial charge in [0.15, 0.2) is 0 Å². The van der Waals surface area contributed by atoms with Crippen LogP contribution in [0.2, 0.25) is 0 Å². The summed E-state index contributed by atoms with van der Waals surface area (Å²) >= 11 is 0. The molecule has 126 valence electrons. The maximum atomic E-state index is 5.04. The smallest absolute Gasteiger partial charge is 0.0483 e. The number of nitrogens with zero attached hydrogens (tertiary/aromatic N) is 1. The molecular weight excluding hydrogens is 292 g/mol. The van der Waals surface area contributed by atoms with Crippen LogP contribution in [0, 0.1) is 5.92 Å².